The van der Waals surface area contributed by atoms with Crippen LogP contribution in [0.25, 0.3) is 11.4 Å². The molecule has 1 aromatic heterocycles. The summed E-state index contributed by atoms with van der Waals surface area (Å²) in [6, 6.07) is 5.14. The third-order valence-corrected chi connectivity index (χ3v) is 3.62. The number of nitrogens with zero attached hydrogens (tertiary/aromatic N) is 4. The van der Waals surface area contributed by atoms with Gasteiger partial charge >= 0.3 is 5.97 Å². The number of aromatic nitrogens is 4. The van der Waals surface area contributed by atoms with Gasteiger partial charge in [0.05, 0.1) is 0 Å². The van der Waals surface area contributed by atoms with Crippen LogP contribution in [-0.2, 0) is 10.3 Å². The monoisotopic (exact) mass is 344 g/mol. The first-order chi connectivity index (χ1) is 8.84. The molecule has 1 heterocycles. The van der Waals surface area contributed by atoms with Gasteiger partial charge in [0.15, 0.2) is 11.4 Å². The second-order valence-corrected chi connectivity index (χ2v) is 5.69. The van der Waals surface area contributed by atoms with E-state index in [2.05, 4.69) is 31.5 Å². The summed E-state index contributed by atoms with van der Waals surface area (Å²) in [5, 5.41) is 21.0. The SMILES string of the molecule is CC(C)(C(=O)O)n1nnnc1-c1cc(Cl)ccc1Br. The quantitative estimate of drug-likeness (QED) is 0.924. The van der Waals surface area contributed by atoms with Gasteiger partial charge in [-0.2, -0.15) is 0 Å². The molecule has 0 aliphatic rings. The molecule has 100 valence electrons. The maximum Gasteiger partial charge on any atom is 0.331 e. The number of benzene rings is 1. The molecule has 0 amide bonds. The Bertz CT molecular complexity index is 641. The van der Waals surface area contributed by atoms with Gasteiger partial charge < -0.3 is 5.11 Å². The fourth-order valence-electron chi connectivity index (χ4n) is 1.49. The van der Waals surface area contributed by atoms with E-state index >= 15 is 0 Å². The molecule has 0 aliphatic carbocycles. The molecule has 0 saturated carbocycles. The van der Waals surface area contributed by atoms with E-state index in [-0.39, 0.29) is 0 Å². The molecule has 0 aliphatic heterocycles. The van der Waals surface area contributed by atoms with Crippen molar-refractivity contribution in [2.45, 2.75) is 19.4 Å². The molecule has 2 aromatic rings. The highest BCUT2D eigenvalue weighted by atomic mass is 79.9. The van der Waals surface area contributed by atoms with Crippen LogP contribution < -0.4 is 0 Å². The van der Waals surface area contributed by atoms with Crippen LogP contribution in [0.15, 0.2) is 22.7 Å². The maximum absolute atomic E-state index is 11.3. The van der Waals surface area contributed by atoms with E-state index in [1.54, 1.807) is 18.2 Å². The number of rotatable bonds is 3. The lowest BCUT2D eigenvalue weighted by Crippen LogP contribution is -2.37. The minimum Gasteiger partial charge on any atom is -0.479 e. The Kier molecular flexibility index (Phi) is 3.60. The van der Waals surface area contributed by atoms with Gasteiger partial charge in [-0.25, -0.2) is 9.48 Å². The van der Waals surface area contributed by atoms with Gasteiger partial charge in [0.1, 0.15) is 0 Å². The van der Waals surface area contributed by atoms with Crippen LogP contribution in [0.5, 0.6) is 0 Å². The summed E-state index contributed by atoms with van der Waals surface area (Å²) >= 11 is 9.32. The minimum atomic E-state index is -1.26. The summed E-state index contributed by atoms with van der Waals surface area (Å²) in [5.41, 5.74) is -0.632. The second kappa shape index (κ2) is 4.90. The minimum absolute atomic E-state index is 0.335. The number of tetrazole rings is 1. The first-order valence-corrected chi connectivity index (χ1v) is 6.49. The van der Waals surface area contributed by atoms with Crippen molar-refractivity contribution in [3.63, 3.8) is 0 Å². The Morgan fingerprint density at radius 1 is 1.47 bits per heavy atom. The molecule has 0 radical (unpaired) electrons. The number of aliphatic carboxylic acids is 1. The van der Waals surface area contributed by atoms with Crippen LogP contribution in [0.4, 0.5) is 0 Å². The van der Waals surface area contributed by atoms with E-state index in [9.17, 15) is 9.90 Å². The number of carboxylic acid groups (broad SMARTS) is 1. The molecule has 1 aromatic carbocycles. The van der Waals surface area contributed by atoms with Crippen molar-refractivity contribution in [2.24, 2.45) is 0 Å². The molecule has 0 bridgehead atoms. The van der Waals surface area contributed by atoms with Crippen LogP contribution in [0, 0.1) is 0 Å². The van der Waals surface area contributed by atoms with Crippen molar-refractivity contribution in [1.82, 2.24) is 20.2 Å². The summed E-state index contributed by atoms with van der Waals surface area (Å²) in [7, 11) is 0. The van der Waals surface area contributed by atoms with Crippen molar-refractivity contribution >= 4 is 33.5 Å². The third-order valence-electron chi connectivity index (χ3n) is 2.69. The smallest absolute Gasteiger partial charge is 0.331 e. The topological polar surface area (TPSA) is 80.9 Å². The van der Waals surface area contributed by atoms with E-state index in [1.165, 1.54) is 18.5 Å². The molecule has 0 unspecified atom stereocenters. The molecule has 19 heavy (non-hydrogen) atoms. The molecule has 1 N–H and O–H groups in total. The highest BCUT2D eigenvalue weighted by molar-refractivity contribution is 9.10. The number of hydrogen-bond acceptors (Lipinski definition) is 4. The van der Waals surface area contributed by atoms with Gasteiger partial charge in [-0.15, -0.1) is 5.10 Å². The summed E-state index contributed by atoms with van der Waals surface area (Å²) in [4.78, 5) is 11.3. The third kappa shape index (κ3) is 2.48. The van der Waals surface area contributed by atoms with Crippen LogP contribution in [-0.4, -0.2) is 31.3 Å². The van der Waals surface area contributed by atoms with Gasteiger partial charge in [-0.05, 0) is 42.5 Å². The van der Waals surface area contributed by atoms with E-state index in [1.807, 2.05) is 0 Å². The van der Waals surface area contributed by atoms with Crippen molar-refractivity contribution in [1.29, 1.82) is 0 Å². The van der Waals surface area contributed by atoms with Crippen LogP contribution >= 0.6 is 27.5 Å². The van der Waals surface area contributed by atoms with E-state index in [0.717, 1.165) is 4.47 Å². The zero-order valence-electron chi connectivity index (χ0n) is 10.1. The number of hydrogen-bond donors (Lipinski definition) is 1. The average molecular weight is 346 g/mol. The van der Waals surface area contributed by atoms with Gasteiger partial charge in [-0.3, -0.25) is 0 Å². The summed E-state index contributed by atoms with van der Waals surface area (Å²) in [5.74, 6) is -0.694. The standard InChI is InChI=1S/C11H10BrClN4O2/c1-11(2,10(18)19)17-9(14-15-16-17)7-5-6(13)3-4-8(7)12/h3-5H,1-2H3,(H,18,19). The molecule has 6 nitrogen and oxygen atoms in total. The van der Waals surface area contributed by atoms with Crippen LogP contribution in [0.1, 0.15) is 13.8 Å². The molecule has 8 heteroatoms. The zero-order chi connectivity index (χ0) is 14.2. The first-order valence-electron chi connectivity index (χ1n) is 5.31. The molecule has 0 spiro atoms. The summed E-state index contributed by atoms with van der Waals surface area (Å²) in [6.07, 6.45) is 0. The number of halogens is 2. The maximum atomic E-state index is 11.3. The average Bonchev–Trinajstić information content (AvgIpc) is 2.81. The molecular weight excluding hydrogens is 336 g/mol. The van der Waals surface area contributed by atoms with Crippen LogP contribution in [0.2, 0.25) is 5.02 Å². The molecule has 2 rings (SSSR count). The Labute approximate surface area is 122 Å². The van der Waals surface area contributed by atoms with Crippen molar-refractivity contribution in [3.05, 3.63) is 27.7 Å². The predicted molar refractivity (Wildman–Crippen MR) is 72.9 cm³/mol. The lowest BCUT2D eigenvalue weighted by atomic mass is 10.1. The lowest BCUT2D eigenvalue weighted by molar-refractivity contribution is -0.146. The zero-order valence-corrected chi connectivity index (χ0v) is 12.5. The van der Waals surface area contributed by atoms with E-state index in [0.29, 0.717) is 16.4 Å². The second-order valence-electron chi connectivity index (χ2n) is 4.40. The Hall–Kier alpha value is -1.47. The van der Waals surface area contributed by atoms with E-state index in [4.69, 9.17) is 11.6 Å². The molecular formula is C11H10BrClN4O2. The van der Waals surface area contributed by atoms with Gasteiger partial charge in [0, 0.05) is 15.1 Å². The van der Waals surface area contributed by atoms with Crippen molar-refractivity contribution in [3.8, 4) is 11.4 Å². The summed E-state index contributed by atoms with van der Waals surface area (Å²) < 4.78 is 1.99. The van der Waals surface area contributed by atoms with Crippen molar-refractivity contribution in [2.75, 3.05) is 0 Å². The number of carbonyl (C=O) groups is 1. The predicted octanol–water partition coefficient (Wildman–Crippen LogP) is 2.58. The van der Waals surface area contributed by atoms with Crippen LogP contribution in [0.3, 0.4) is 0 Å². The largest absolute Gasteiger partial charge is 0.479 e. The highest BCUT2D eigenvalue weighted by Crippen LogP contribution is 2.31. The Balaban J connectivity index is 2.63. The number of carboxylic acids is 1. The fourth-order valence-corrected chi connectivity index (χ4v) is 2.09. The van der Waals surface area contributed by atoms with E-state index < -0.39 is 11.5 Å². The summed E-state index contributed by atoms with van der Waals surface area (Å²) in [6.45, 7) is 3.04. The normalized spacial score (nSPS) is 11.6. The Morgan fingerprint density at radius 3 is 2.79 bits per heavy atom. The lowest BCUT2D eigenvalue weighted by Gasteiger charge is -2.20. The van der Waals surface area contributed by atoms with Gasteiger partial charge in [0.2, 0.25) is 0 Å². The first kappa shape index (κ1) is 14.0. The van der Waals surface area contributed by atoms with Gasteiger partial charge in [0.25, 0.3) is 0 Å². The highest BCUT2D eigenvalue weighted by Gasteiger charge is 2.34. The molecule has 0 atom stereocenters. The molecule has 0 saturated heterocycles. The van der Waals surface area contributed by atoms with Crippen molar-refractivity contribution < 1.29 is 9.90 Å². The Morgan fingerprint density at radius 2 is 2.16 bits per heavy atom. The fraction of sp³-hybridized carbons (Fsp3) is 0.273. The molecule has 0 fully saturated rings. The van der Waals surface area contributed by atoms with Gasteiger partial charge in [-0.1, -0.05) is 27.5 Å².